The van der Waals surface area contributed by atoms with Crippen molar-refractivity contribution in [1.29, 1.82) is 0 Å². The van der Waals surface area contributed by atoms with Crippen LogP contribution in [0.4, 0.5) is 5.69 Å². The third-order valence-corrected chi connectivity index (χ3v) is 5.21. The molecule has 0 saturated carbocycles. The maximum atomic E-state index is 4.37. The summed E-state index contributed by atoms with van der Waals surface area (Å²) < 4.78 is 1.29. The van der Waals surface area contributed by atoms with Crippen LogP contribution in [0.15, 0.2) is 48.8 Å². The van der Waals surface area contributed by atoms with Crippen molar-refractivity contribution >= 4 is 51.7 Å². The van der Waals surface area contributed by atoms with Gasteiger partial charge >= 0.3 is 0 Å². The van der Waals surface area contributed by atoms with Gasteiger partial charge in [-0.3, -0.25) is 4.90 Å². The molecule has 1 saturated heterocycles. The van der Waals surface area contributed by atoms with Crippen LogP contribution in [-0.2, 0) is 6.54 Å². The third kappa shape index (κ3) is 3.68. The van der Waals surface area contributed by atoms with Gasteiger partial charge in [0.2, 0.25) is 0 Å². The Morgan fingerprint density at radius 3 is 2.54 bits per heavy atom. The van der Waals surface area contributed by atoms with E-state index in [0.29, 0.717) is 0 Å². The van der Waals surface area contributed by atoms with Crippen LogP contribution in [-0.4, -0.2) is 41.0 Å². The van der Waals surface area contributed by atoms with Gasteiger partial charge < -0.3 is 9.88 Å². The summed E-state index contributed by atoms with van der Waals surface area (Å²) in [4.78, 5) is 12.6. The molecule has 24 heavy (non-hydrogen) atoms. The molecule has 1 aliphatic heterocycles. The number of pyridine rings is 1. The average molecular weight is 455 g/mol. The SMILES string of the molecule is Cl.Ic1ccc(N2CCN(Cc3c[nH]c4ncccc34)CC2)cc1. The standard InChI is InChI=1S/C18H19IN4.ClH/c19-15-3-5-16(6-4-15)23-10-8-22(9-11-23)13-14-12-21-18-17(14)2-1-7-20-18;/h1-7,12H,8-11,13H2,(H,20,21);1H. The summed E-state index contributed by atoms with van der Waals surface area (Å²) in [5, 5.41) is 1.24. The Labute approximate surface area is 161 Å². The Bertz CT molecular complexity index is 794. The predicted octanol–water partition coefficient (Wildman–Crippen LogP) is 3.91. The van der Waals surface area contributed by atoms with E-state index in [1.807, 2.05) is 12.3 Å². The van der Waals surface area contributed by atoms with E-state index in [-0.39, 0.29) is 12.4 Å². The normalized spacial score (nSPS) is 15.5. The number of anilines is 1. The van der Waals surface area contributed by atoms with Crippen molar-refractivity contribution in [2.24, 2.45) is 0 Å². The fourth-order valence-electron chi connectivity index (χ4n) is 3.20. The lowest BCUT2D eigenvalue weighted by atomic mass is 10.2. The van der Waals surface area contributed by atoms with Gasteiger partial charge in [-0.05, 0) is 64.6 Å². The minimum Gasteiger partial charge on any atom is -0.369 e. The molecule has 4 nitrogen and oxygen atoms in total. The van der Waals surface area contributed by atoms with Crippen LogP contribution in [0.2, 0.25) is 0 Å². The summed E-state index contributed by atoms with van der Waals surface area (Å²) in [6.45, 7) is 5.35. The second-order valence-electron chi connectivity index (χ2n) is 5.95. The summed E-state index contributed by atoms with van der Waals surface area (Å²) >= 11 is 2.35. The molecule has 0 amide bonds. The Kier molecular flexibility index (Phi) is 5.63. The van der Waals surface area contributed by atoms with Gasteiger partial charge in [0.15, 0.2) is 0 Å². The minimum absolute atomic E-state index is 0. The first-order valence-corrected chi connectivity index (χ1v) is 9.01. The van der Waals surface area contributed by atoms with Crippen molar-refractivity contribution in [3.8, 4) is 0 Å². The van der Waals surface area contributed by atoms with E-state index in [0.717, 1.165) is 38.4 Å². The van der Waals surface area contributed by atoms with E-state index in [1.54, 1.807) is 0 Å². The zero-order valence-corrected chi connectivity index (χ0v) is 16.3. The maximum Gasteiger partial charge on any atom is 0.137 e. The van der Waals surface area contributed by atoms with Gasteiger partial charge in [-0.1, -0.05) is 0 Å². The lowest BCUT2D eigenvalue weighted by Crippen LogP contribution is -2.45. The molecule has 0 radical (unpaired) electrons. The molecule has 1 N–H and O–H groups in total. The second kappa shape index (κ2) is 7.72. The summed E-state index contributed by atoms with van der Waals surface area (Å²) in [6.07, 6.45) is 3.94. The highest BCUT2D eigenvalue weighted by Crippen LogP contribution is 2.21. The molecule has 3 heterocycles. The first-order valence-electron chi connectivity index (χ1n) is 7.93. The molecule has 6 heteroatoms. The molecule has 4 rings (SSSR count). The van der Waals surface area contributed by atoms with E-state index in [2.05, 4.69) is 78.9 Å². The van der Waals surface area contributed by atoms with E-state index in [9.17, 15) is 0 Å². The zero-order valence-electron chi connectivity index (χ0n) is 13.3. The van der Waals surface area contributed by atoms with Crippen LogP contribution in [0, 0.1) is 3.57 Å². The molecule has 2 aromatic heterocycles. The molecule has 0 atom stereocenters. The second-order valence-corrected chi connectivity index (χ2v) is 7.20. The van der Waals surface area contributed by atoms with Crippen LogP contribution in [0.1, 0.15) is 5.56 Å². The number of hydrogen-bond donors (Lipinski definition) is 1. The van der Waals surface area contributed by atoms with Crippen molar-refractivity contribution < 1.29 is 0 Å². The smallest absolute Gasteiger partial charge is 0.137 e. The van der Waals surface area contributed by atoms with Crippen molar-refractivity contribution in [2.75, 3.05) is 31.1 Å². The fraction of sp³-hybridized carbons (Fsp3) is 0.278. The van der Waals surface area contributed by atoms with Crippen molar-refractivity contribution in [3.05, 3.63) is 57.9 Å². The summed E-state index contributed by atoms with van der Waals surface area (Å²) in [6, 6.07) is 13.0. The number of fused-ring (bicyclic) bond motifs is 1. The van der Waals surface area contributed by atoms with E-state index >= 15 is 0 Å². The number of rotatable bonds is 3. The van der Waals surface area contributed by atoms with Crippen LogP contribution in [0.25, 0.3) is 11.0 Å². The molecular weight excluding hydrogens is 435 g/mol. The van der Waals surface area contributed by atoms with Crippen LogP contribution in [0.3, 0.4) is 0 Å². The molecule has 1 fully saturated rings. The number of piperazine rings is 1. The molecule has 126 valence electrons. The van der Waals surface area contributed by atoms with Gasteiger partial charge in [0.05, 0.1) is 0 Å². The van der Waals surface area contributed by atoms with Gasteiger partial charge in [-0.15, -0.1) is 12.4 Å². The molecule has 1 aliphatic rings. The van der Waals surface area contributed by atoms with Gasteiger partial charge in [-0.2, -0.15) is 0 Å². The molecule has 0 bridgehead atoms. The first-order chi connectivity index (χ1) is 11.3. The van der Waals surface area contributed by atoms with Crippen LogP contribution >= 0.6 is 35.0 Å². The molecule has 0 aliphatic carbocycles. The summed E-state index contributed by atoms with van der Waals surface area (Å²) in [7, 11) is 0. The lowest BCUT2D eigenvalue weighted by molar-refractivity contribution is 0.250. The Morgan fingerprint density at radius 2 is 1.79 bits per heavy atom. The molecule has 0 spiro atoms. The number of nitrogens with zero attached hydrogens (tertiary/aromatic N) is 3. The first kappa shape index (κ1) is 17.5. The summed E-state index contributed by atoms with van der Waals surface area (Å²) in [5.74, 6) is 0. The van der Waals surface area contributed by atoms with Gasteiger partial charge in [0, 0.05) is 59.8 Å². The molecular formula is C18H20ClIN4. The fourth-order valence-corrected chi connectivity index (χ4v) is 3.56. The minimum atomic E-state index is 0. The highest BCUT2D eigenvalue weighted by atomic mass is 127. The highest BCUT2D eigenvalue weighted by Gasteiger charge is 2.18. The lowest BCUT2D eigenvalue weighted by Gasteiger charge is -2.36. The third-order valence-electron chi connectivity index (χ3n) is 4.49. The van der Waals surface area contributed by atoms with E-state index in [1.165, 1.54) is 20.2 Å². The van der Waals surface area contributed by atoms with Gasteiger partial charge in [-0.25, -0.2) is 4.98 Å². The maximum absolute atomic E-state index is 4.37. The van der Waals surface area contributed by atoms with Crippen molar-refractivity contribution in [1.82, 2.24) is 14.9 Å². The Morgan fingerprint density at radius 1 is 1.04 bits per heavy atom. The number of halogens is 2. The summed E-state index contributed by atoms with van der Waals surface area (Å²) in [5.41, 5.74) is 3.66. The molecule has 3 aromatic rings. The highest BCUT2D eigenvalue weighted by molar-refractivity contribution is 14.1. The Hall–Kier alpha value is -1.31. The van der Waals surface area contributed by atoms with Gasteiger partial charge in [0.1, 0.15) is 5.65 Å². The number of nitrogens with one attached hydrogen (secondary N) is 1. The number of hydrogen-bond acceptors (Lipinski definition) is 3. The van der Waals surface area contributed by atoms with Gasteiger partial charge in [0.25, 0.3) is 0 Å². The zero-order chi connectivity index (χ0) is 15.6. The van der Waals surface area contributed by atoms with E-state index in [4.69, 9.17) is 0 Å². The molecule has 1 aromatic carbocycles. The topological polar surface area (TPSA) is 35.2 Å². The van der Waals surface area contributed by atoms with Crippen LogP contribution in [0.5, 0.6) is 0 Å². The number of H-pyrrole nitrogens is 1. The van der Waals surface area contributed by atoms with Crippen LogP contribution < -0.4 is 4.90 Å². The average Bonchev–Trinajstić information content (AvgIpc) is 3.00. The largest absolute Gasteiger partial charge is 0.369 e. The predicted molar refractivity (Wildman–Crippen MR) is 110 cm³/mol. The number of aromatic amines is 1. The quantitative estimate of drug-likeness (QED) is 0.610. The van der Waals surface area contributed by atoms with E-state index < -0.39 is 0 Å². The number of aromatic nitrogens is 2. The monoisotopic (exact) mass is 454 g/mol. The van der Waals surface area contributed by atoms with Crippen molar-refractivity contribution in [2.45, 2.75) is 6.54 Å². The number of benzene rings is 1. The molecule has 0 unspecified atom stereocenters. The Balaban J connectivity index is 0.00000169. The van der Waals surface area contributed by atoms with Crippen molar-refractivity contribution in [3.63, 3.8) is 0 Å².